The highest BCUT2D eigenvalue weighted by Gasteiger charge is 2.14. The number of hydrogen-bond donors (Lipinski definition) is 2. The number of carbonyl (C=O) groups is 2. The van der Waals surface area contributed by atoms with E-state index < -0.39 is 0 Å². The first-order chi connectivity index (χ1) is 10.4. The van der Waals surface area contributed by atoms with Crippen molar-refractivity contribution in [2.45, 2.75) is 13.8 Å². The van der Waals surface area contributed by atoms with Crippen LogP contribution in [-0.4, -0.2) is 41.8 Å². The summed E-state index contributed by atoms with van der Waals surface area (Å²) in [4.78, 5) is 28.7. The van der Waals surface area contributed by atoms with Crippen LogP contribution in [0.3, 0.4) is 0 Å². The maximum absolute atomic E-state index is 12.1. The van der Waals surface area contributed by atoms with E-state index in [1.165, 1.54) is 0 Å². The summed E-state index contributed by atoms with van der Waals surface area (Å²) in [5.41, 5.74) is 1.24. The fourth-order valence-electron chi connectivity index (χ4n) is 2.26. The molecular weight excluding hydrogens is 302 g/mol. The first-order valence-corrected chi connectivity index (χ1v) is 7.55. The Bertz CT molecular complexity index is 694. The number of halogens is 1. The van der Waals surface area contributed by atoms with E-state index >= 15 is 0 Å². The van der Waals surface area contributed by atoms with Crippen LogP contribution < -0.4 is 5.32 Å². The van der Waals surface area contributed by atoms with Gasteiger partial charge in [-0.05, 0) is 30.2 Å². The zero-order valence-electron chi connectivity index (χ0n) is 12.9. The standard InChI is InChI=1S/C16H20ClN3O2/c1-10(2)9-20(3)15(21)8-18-16(22)14-7-11-6-12(17)4-5-13(11)19-14/h4-7,10,19H,8-9H2,1-3H3,(H,18,22). The molecule has 0 aliphatic heterocycles. The topological polar surface area (TPSA) is 65.2 Å². The third-order valence-corrected chi connectivity index (χ3v) is 3.53. The van der Waals surface area contributed by atoms with Crippen LogP contribution in [-0.2, 0) is 4.79 Å². The summed E-state index contributed by atoms with van der Waals surface area (Å²) < 4.78 is 0. The Morgan fingerprint density at radius 1 is 1.32 bits per heavy atom. The summed E-state index contributed by atoms with van der Waals surface area (Å²) in [5.74, 6) is -0.0251. The van der Waals surface area contributed by atoms with Gasteiger partial charge in [-0.15, -0.1) is 0 Å². The molecule has 0 aliphatic rings. The number of benzene rings is 1. The quantitative estimate of drug-likeness (QED) is 0.889. The molecule has 2 amide bonds. The van der Waals surface area contributed by atoms with Crippen molar-refractivity contribution in [3.05, 3.63) is 35.0 Å². The van der Waals surface area contributed by atoms with E-state index in [0.29, 0.717) is 23.2 Å². The Morgan fingerprint density at radius 2 is 2.05 bits per heavy atom. The number of nitrogens with one attached hydrogen (secondary N) is 2. The third kappa shape index (κ3) is 4.01. The van der Waals surface area contributed by atoms with E-state index in [1.54, 1.807) is 30.1 Å². The third-order valence-electron chi connectivity index (χ3n) is 3.29. The largest absolute Gasteiger partial charge is 0.351 e. The van der Waals surface area contributed by atoms with Crippen LogP contribution in [0.2, 0.25) is 5.02 Å². The minimum Gasteiger partial charge on any atom is -0.351 e. The van der Waals surface area contributed by atoms with Gasteiger partial charge in [0, 0.05) is 29.5 Å². The summed E-state index contributed by atoms with van der Waals surface area (Å²) in [5, 5.41) is 4.11. The van der Waals surface area contributed by atoms with Crippen LogP contribution in [0, 0.1) is 5.92 Å². The summed E-state index contributed by atoms with van der Waals surface area (Å²) in [6.45, 7) is 4.73. The highest BCUT2D eigenvalue weighted by atomic mass is 35.5. The van der Waals surface area contributed by atoms with E-state index in [9.17, 15) is 9.59 Å². The number of H-pyrrole nitrogens is 1. The molecular formula is C16H20ClN3O2. The molecule has 0 spiro atoms. The lowest BCUT2D eigenvalue weighted by atomic mass is 10.2. The average Bonchev–Trinajstić information content (AvgIpc) is 2.86. The Labute approximate surface area is 134 Å². The second kappa shape index (κ2) is 6.83. The minimum absolute atomic E-state index is 0.0157. The molecule has 0 fully saturated rings. The zero-order chi connectivity index (χ0) is 16.3. The molecule has 0 radical (unpaired) electrons. The molecule has 2 N–H and O–H groups in total. The van der Waals surface area contributed by atoms with Crippen molar-refractivity contribution in [1.82, 2.24) is 15.2 Å². The van der Waals surface area contributed by atoms with Gasteiger partial charge in [-0.25, -0.2) is 0 Å². The zero-order valence-corrected chi connectivity index (χ0v) is 13.7. The van der Waals surface area contributed by atoms with Crippen LogP contribution in [0.4, 0.5) is 0 Å². The van der Waals surface area contributed by atoms with Gasteiger partial charge in [-0.3, -0.25) is 9.59 Å². The van der Waals surface area contributed by atoms with Gasteiger partial charge in [0.15, 0.2) is 0 Å². The van der Waals surface area contributed by atoms with E-state index in [2.05, 4.69) is 10.3 Å². The Morgan fingerprint density at radius 3 is 2.73 bits per heavy atom. The van der Waals surface area contributed by atoms with Gasteiger partial charge in [0.05, 0.1) is 6.54 Å². The summed E-state index contributed by atoms with van der Waals surface area (Å²) >= 11 is 5.92. The molecule has 0 bridgehead atoms. The van der Waals surface area contributed by atoms with Crippen molar-refractivity contribution in [3.63, 3.8) is 0 Å². The smallest absolute Gasteiger partial charge is 0.268 e. The second-order valence-electron chi connectivity index (χ2n) is 5.77. The van der Waals surface area contributed by atoms with Gasteiger partial charge in [0.2, 0.25) is 5.91 Å². The van der Waals surface area contributed by atoms with Crippen molar-refractivity contribution in [1.29, 1.82) is 0 Å². The maximum Gasteiger partial charge on any atom is 0.268 e. The summed E-state index contributed by atoms with van der Waals surface area (Å²) in [6.07, 6.45) is 0. The molecule has 5 nitrogen and oxygen atoms in total. The van der Waals surface area contributed by atoms with Gasteiger partial charge in [-0.2, -0.15) is 0 Å². The maximum atomic E-state index is 12.1. The first-order valence-electron chi connectivity index (χ1n) is 7.17. The van der Waals surface area contributed by atoms with E-state index in [0.717, 1.165) is 10.9 Å². The van der Waals surface area contributed by atoms with Gasteiger partial charge < -0.3 is 15.2 Å². The fourth-order valence-corrected chi connectivity index (χ4v) is 2.44. The SMILES string of the molecule is CC(C)CN(C)C(=O)CNC(=O)c1cc2cc(Cl)ccc2[nH]1. The Hall–Kier alpha value is -2.01. The van der Waals surface area contributed by atoms with E-state index in [1.807, 2.05) is 19.9 Å². The predicted octanol–water partition coefficient (Wildman–Crippen LogP) is 2.67. The van der Waals surface area contributed by atoms with Crippen LogP contribution in [0.15, 0.2) is 24.3 Å². The molecule has 0 saturated carbocycles. The number of rotatable bonds is 5. The summed E-state index contributed by atoms with van der Waals surface area (Å²) in [6, 6.07) is 7.08. The monoisotopic (exact) mass is 321 g/mol. The molecule has 1 aromatic carbocycles. The molecule has 2 rings (SSSR count). The highest BCUT2D eigenvalue weighted by Crippen LogP contribution is 2.19. The van der Waals surface area contributed by atoms with Crippen molar-refractivity contribution in [2.24, 2.45) is 5.92 Å². The molecule has 22 heavy (non-hydrogen) atoms. The van der Waals surface area contributed by atoms with E-state index in [4.69, 9.17) is 11.6 Å². The number of hydrogen-bond acceptors (Lipinski definition) is 2. The number of fused-ring (bicyclic) bond motifs is 1. The van der Waals surface area contributed by atoms with Gasteiger partial charge in [-0.1, -0.05) is 25.4 Å². The first kappa shape index (κ1) is 16.4. The van der Waals surface area contributed by atoms with Gasteiger partial charge in [0.1, 0.15) is 5.69 Å². The molecule has 1 heterocycles. The highest BCUT2D eigenvalue weighted by molar-refractivity contribution is 6.31. The molecule has 118 valence electrons. The van der Waals surface area contributed by atoms with Crippen molar-refractivity contribution in [3.8, 4) is 0 Å². The van der Waals surface area contributed by atoms with Crippen molar-refractivity contribution < 1.29 is 9.59 Å². The molecule has 0 aliphatic carbocycles. The van der Waals surface area contributed by atoms with Crippen LogP contribution in [0.1, 0.15) is 24.3 Å². The Balaban J connectivity index is 1.97. The second-order valence-corrected chi connectivity index (χ2v) is 6.20. The number of aromatic nitrogens is 1. The normalized spacial score (nSPS) is 11.0. The number of nitrogens with zero attached hydrogens (tertiary/aromatic N) is 1. The summed E-state index contributed by atoms with van der Waals surface area (Å²) in [7, 11) is 1.74. The molecule has 6 heteroatoms. The predicted molar refractivity (Wildman–Crippen MR) is 88.1 cm³/mol. The average molecular weight is 322 g/mol. The van der Waals surface area contributed by atoms with Crippen LogP contribution >= 0.6 is 11.6 Å². The number of amides is 2. The van der Waals surface area contributed by atoms with Gasteiger partial charge in [0.25, 0.3) is 5.91 Å². The van der Waals surface area contributed by atoms with Crippen LogP contribution in [0.25, 0.3) is 10.9 Å². The minimum atomic E-state index is -0.307. The lowest BCUT2D eigenvalue weighted by molar-refractivity contribution is -0.129. The number of carbonyl (C=O) groups excluding carboxylic acids is 2. The fraction of sp³-hybridized carbons (Fsp3) is 0.375. The lowest BCUT2D eigenvalue weighted by Gasteiger charge is -2.19. The van der Waals surface area contributed by atoms with Crippen molar-refractivity contribution >= 4 is 34.3 Å². The molecule has 0 unspecified atom stereocenters. The number of likely N-dealkylation sites (N-methyl/N-ethyl adjacent to an activating group) is 1. The number of aromatic amines is 1. The lowest BCUT2D eigenvalue weighted by Crippen LogP contribution is -2.39. The van der Waals surface area contributed by atoms with Gasteiger partial charge >= 0.3 is 0 Å². The molecule has 2 aromatic rings. The molecule has 1 aromatic heterocycles. The van der Waals surface area contributed by atoms with Crippen molar-refractivity contribution in [2.75, 3.05) is 20.1 Å². The van der Waals surface area contributed by atoms with E-state index in [-0.39, 0.29) is 18.4 Å². The Kier molecular flexibility index (Phi) is 5.08. The molecule has 0 atom stereocenters. The molecule has 0 saturated heterocycles. The van der Waals surface area contributed by atoms with Crippen LogP contribution in [0.5, 0.6) is 0 Å².